The van der Waals surface area contributed by atoms with E-state index in [0.717, 1.165) is 4.90 Å². The zero-order valence-electron chi connectivity index (χ0n) is 8.86. The van der Waals surface area contributed by atoms with E-state index in [2.05, 4.69) is 14.9 Å². The van der Waals surface area contributed by atoms with Crippen LogP contribution < -0.4 is 5.32 Å². The van der Waals surface area contributed by atoms with Crippen LogP contribution in [0.5, 0.6) is 0 Å². The van der Waals surface area contributed by atoms with Crippen molar-refractivity contribution in [1.82, 2.24) is 10.2 Å². The largest absolute Gasteiger partial charge is 0.465 e. The molecule has 10 heteroatoms. The van der Waals surface area contributed by atoms with Crippen LogP contribution in [0.25, 0.3) is 0 Å². The van der Waals surface area contributed by atoms with Gasteiger partial charge in [-0.2, -0.15) is 0 Å². The van der Waals surface area contributed by atoms with Crippen molar-refractivity contribution in [2.75, 3.05) is 13.2 Å². The van der Waals surface area contributed by atoms with Gasteiger partial charge in [0.25, 0.3) is 5.09 Å². The first-order chi connectivity index (χ1) is 7.91. The highest BCUT2D eigenvalue weighted by atomic mass is 16.9. The van der Waals surface area contributed by atoms with Gasteiger partial charge in [0, 0.05) is 0 Å². The fourth-order valence-electron chi connectivity index (χ4n) is 1.40. The van der Waals surface area contributed by atoms with Gasteiger partial charge >= 0.3 is 12.2 Å². The Balaban J connectivity index is 2.61. The molecule has 2 unspecified atom stereocenters. The average molecular weight is 249 g/mol. The number of ether oxygens (including phenoxy) is 1. The molecule has 0 saturated carbocycles. The first-order valence-electron chi connectivity index (χ1n) is 4.63. The zero-order valence-corrected chi connectivity index (χ0v) is 8.86. The van der Waals surface area contributed by atoms with Crippen LogP contribution >= 0.6 is 0 Å². The number of alkyl carbamates (subject to hydrolysis) is 1. The van der Waals surface area contributed by atoms with Crippen molar-refractivity contribution in [3.8, 4) is 0 Å². The molecule has 2 N–H and O–H groups in total. The topological polar surface area (TPSA) is 131 Å². The van der Waals surface area contributed by atoms with Crippen molar-refractivity contribution < 1.29 is 29.4 Å². The van der Waals surface area contributed by atoms with Gasteiger partial charge in [-0.05, 0) is 6.92 Å². The quantitative estimate of drug-likeness (QED) is 0.501. The maximum absolute atomic E-state index is 11.0. The Kier molecular flexibility index (Phi) is 3.91. The lowest BCUT2D eigenvalue weighted by Crippen LogP contribution is -2.53. The smallest absolute Gasteiger partial charge is 0.409 e. The molecule has 2 amide bonds. The number of carbonyl (C=O) groups is 2. The summed E-state index contributed by atoms with van der Waals surface area (Å²) in [5.41, 5.74) is 0. The number of hydrogen-bond donors (Lipinski definition) is 2. The highest BCUT2D eigenvalue weighted by Crippen LogP contribution is 2.10. The van der Waals surface area contributed by atoms with Crippen molar-refractivity contribution in [3.05, 3.63) is 10.1 Å². The Morgan fingerprint density at radius 1 is 1.88 bits per heavy atom. The lowest BCUT2D eigenvalue weighted by Gasteiger charge is -2.29. The standard InChI is InChI=1S/C7H11N3O7/c1-4(2-17-10(14)15)9(7(12)13)5-3-16-6(11)8-5/h4-5H,2-3H2,1H3,(H,8,11)(H,12,13). The Morgan fingerprint density at radius 3 is 2.94 bits per heavy atom. The molecule has 1 fully saturated rings. The van der Waals surface area contributed by atoms with E-state index in [1.165, 1.54) is 6.92 Å². The number of hydrogen-bond acceptors (Lipinski definition) is 6. The Hall–Kier alpha value is -2.26. The number of amides is 2. The van der Waals surface area contributed by atoms with E-state index in [1.807, 2.05) is 0 Å². The number of nitrogens with zero attached hydrogens (tertiary/aromatic N) is 2. The third-order valence-electron chi connectivity index (χ3n) is 2.11. The van der Waals surface area contributed by atoms with Crippen molar-refractivity contribution in [2.24, 2.45) is 0 Å². The second kappa shape index (κ2) is 5.18. The molecule has 0 bridgehead atoms. The molecule has 10 nitrogen and oxygen atoms in total. The van der Waals surface area contributed by atoms with Crippen LogP contribution in [0.4, 0.5) is 9.59 Å². The summed E-state index contributed by atoms with van der Waals surface area (Å²) in [6, 6.07) is -0.801. The molecular formula is C7H11N3O7. The van der Waals surface area contributed by atoms with E-state index in [0.29, 0.717) is 0 Å². The molecule has 0 aliphatic carbocycles. The van der Waals surface area contributed by atoms with Gasteiger partial charge in [-0.25, -0.2) is 9.59 Å². The second-order valence-electron chi connectivity index (χ2n) is 3.32. The molecule has 96 valence electrons. The van der Waals surface area contributed by atoms with Crippen molar-refractivity contribution in [1.29, 1.82) is 0 Å². The van der Waals surface area contributed by atoms with Crippen LogP contribution in [-0.4, -0.2) is 52.7 Å². The van der Waals surface area contributed by atoms with Crippen LogP contribution in [0.2, 0.25) is 0 Å². The van der Waals surface area contributed by atoms with Crippen LogP contribution in [-0.2, 0) is 9.57 Å². The normalized spacial score (nSPS) is 20.1. The number of carboxylic acid groups (broad SMARTS) is 1. The molecule has 0 aromatic heterocycles. The van der Waals surface area contributed by atoms with Gasteiger partial charge in [-0.3, -0.25) is 10.2 Å². The SMILES string of the molecule is CC(CO[N+](=O)[O-])N(C(=O)O)C1COC(=O)N1. The first-order valence-corrected chi connectivity index (χ1v) is 4.63. The van der Waals surface area contributed by atoms with Gasteiger partial charge in [-0.15, -0.1) is 10.1 Å². The number of carbonyl (C=O) groups excluding carboxylic acids is 1. The summed E-state index contributed by atoms with van der Waals surface area (Å²) in [7, 11) is 0. The monoisotopic (exact) mass is 249 g/mol. The van der Waals surface area contributed by atoms with E-state index in [1.54, 1.807) is 0 Å². The van der Waals surface area contributed by atoms with Gasteiger partial charge in [0.15, 0.2) is 0 Å². The Bertz CT molecular complexity index is 333. The van der Waals surface area contributed by atoms with E-state index in [4.69, 9.17) is 5.11 Å². The van der Waals surface area contributed by atoms with Crippen LogP contribution in [0, 0.1) is 10.1 Å². The highest BCUT2D eigenvalue weighted by molar-refractivity contribution is 5.72. The molecular weight excluding hydrogens is 238 g/mol. The Morgan fingerprint density at radius 2 is 2.53 bits per heavy atom. The minimum Gasteiger partial charge on any atom is -0.465 e. The molecule has 0 spiro atoms. The van der Waals surface area contributed by atoms with Crippen molar-refractivity contribution >= 4 is 12.2 Å². The third kappa shape index (κ3) is 3.36. The molecule has 1 heterocycles. The summed E-state index contributed by atoms with van der Waals surface area (Å²) in [4.78, 5) is 36.7. The summed E-state index contributed by atoms with van der Waals surface area (Å²) in [5, 5.41) is 20.2. The fraction of sp³-hybridized carbons (Fsp3) is 0.714. The number of rotatable bonds is 5. The molecule has 2 atom stereocenters. The maximum atomic E-state index is 11.0. The minimum atomic E-state index is -1.33. The fourth-order valence-corrected chi connectivity index (χ4v) is 1.40. The molecule has 1 rings (SSSR count). The van der Waals surface area contributed by atoms with Crippen LogP contribution in [0.1, 0.15) is 6.92 Å². The highest BCUT2D eigenvalue weighted by Gasteiger charge is 2.34. The number of cyclic esters (lactones) is 1. The summed E-state index contributed by atoms with van der Waals surface area (Å²) in [6.07, 6.45) is -2.94. The van der Waals surface area contributed by atoms with E-state index < -0.39 is 36.1 Å². The minimum absolute atomic E-state index is 0.145. The molecule has 0 aromatic carbocycles. The third-order valence-corrected chi connectivity index (χ3v) is 2.11. The van der Waals surface area contributed by atoms with E-state index in [-0.39, 0.29) is 6.61 Å². The Labute approximate surface area is 95.2 Å². The van der Waals surface area contributed by atoms with Gasteiger partial charge in [0.1, 0.15) is 19.4 Å². The summed E-state index contributed by atoms with van der Waals surface area (Å²) in [5.74, 6) is 0. The maximum Gasteiger partial charge on any atom is 0.409 e. The van der Waals surface area contributed by atoms with Crippen LogP contribution in [0.3, 0.4) is 0 Å². The summed E-state index contributed by atoms with van der Waals surface area (Å²) in [6.45, 7) is 0.849. The molecule has 1 aliphatic heterocycles. The summed E-state index contributed by atoms with van der Waals surface area (Å²) < 4.78 is 4.54. The number of nitrogens with one attached hydrogen (secondary N) is 1. The van der Waals surface area contributed by atoms with Crippen molar-refractivity contribution in [2.45, 2.75) is 19.1 Å². The molecule has 1 aliphatic rings. The van der Waals surface area contributed by atoms with Gasteiger partial charge in [0.2, 0.25) is 0 Å². The summed E-state index contributed by atoms with van der Waals surface area (Å²) >= 11 is 0. The van der Waals surface area contributed by atoms with Gasteiger partial charge < -0.3 is 14.7 Å². The molecule has 0 radical (unpaired) electrons. The molecule has 0 aromatic rings. The van der Waals surface area contributed by atoms with Gasteiger partial charge in [0.05, 0.1) is 6.04 Å². The average Bonchev–Trinajstić information content (AvgIpc) is 2.61. The zero-order chi connectivity index (χ0) is 13.0. The van der Waals surface area contributed by atoms with Crippen LogP contribution in [0.15, 0.2) is 0 Å². The lowest BCUT2D eigenvalue weighted by molar-refractivity contribution is -0.758. The van der Waals surface area contributed by atoms with E-state index >= 15 is 0 Å². The van der Waals surface area contributed by atoms with Crippen molar-refractivity contribution in [3.63, 3.8) is 0 Å². The first kappa shape index (κ1) is 12.8. The predicted octanol–water partition coefficient (Wildman–Crippen LogP) is -0.371. The van der Waals surface area contributed by atoms with E-state index in [9.17, 15) is 19.7 Å². The second-order valence-corrected chi connectivity index (χ2v) is 3.32. The molecule has 17 heavy (non-hydrogen) atoms. The molecule has 1 saturated heterocycles. The lowest BCUT2D eigenvalue weighted by atomic mass is 10.3. The van der Waals surface area contributed by atoms with Gasteiger partial charge in [-0.1, -0.05) is 0 Å². The predicted molar refractivity (Wildman–Crippen MR) is 50.5 cm³/mol.